The van der Waals surface area contributed by atoms with Crippen LogP contribution in [0.2, 0.25) is 10.2 Å². The Kier molecular flexibility index (Phi) is 10.8. The average molecular weight is 657 g/mol. The number of nitrogens with zero attached hydrogens (tertiary/aromatic N) is 5. The first-order valence-electron chi connectivity index (χ1n) is 13.6. The van der Waals surface area contributed by atoms with E-state index in [-0.39, 0.29) is 18.1 Å². The van der Waals surface area contributed by atoms with Crippen LogP contribution in [0.3, 0.4) is 0 Å². The summed E-state index contributed by atoms with van der Waals surface area (Å²) in [4.78, 5) is 44.6. The molecule has 2 aromatic heterocycles. The smallest absolute Gasteiger partial charge is 0.411 e. The Morgan fingerprint density at radius 3 is 2.51 bits per heavy atom. The van der Waals surface area contributed by atoms with Crippen molar-refractivity contribution in [2.24, 2.45) is 0 Å². The number of H-pyrrole nitrogens is 1. The molecule has 0 unspecified atom stereocenters. The predicted molar refractivity (Wildman–Crippen MR) is 168 cm³/mol. The third-order valence-electron chi connectivity index (χ3n) is 6.02. The summed E-state index contributed by atoms with van der Waals surface area (Å²) in [6.07, 6.45) is 3.40. The third kappa shape index (κ3) is 9.52. The van der Waals surface area contributed by atoms with Crippen molar-refractivity contribution in [3.8, 4) is 16.9 Å². The van der Waals surface area contributed by atoms with Gasteiger partial charge in [-0.3, -0.25) is 10.1 Å². The average Bonchev–Trinajstić information content (AvgIpc) is 3.65. The fourth-order valence-electron chi connectivity index (χ4n) is 4.04. The number of nitrogens with one attached hydrogen (secondary N) is 4. The summed E-state index contributed by atoms with van der Waals surface area (Å²) in [5.74, 6) is -0.0937. The van der Waals surface area contributed by atoms with E-state index >= 15 is 0 Å². The molecule has 0 aliphatic carbocycles. The number of aromatic nitrogens is 6. The van der Waals surface area contributed by atoms with E-state index < -0.39 is 29.7 Å². The number of carbonyl (C=O) groups excluding carboxylic acids is 3. The number of tetrazole rings is 1. The number of carbonyl (C=O) groups is 3. The Balaban J connectivity index is 1.54. The van der Waals surface area contributed by atoms with Crippen LogP contribution < -0.4 is 16.0 Å². The SMILES string of the molecule is COC(=O)Nc1ccc(-c2nc([C@H](CCNC(=O)OC(C)(C)C)NC(=O)C=Cc3cc(Cl)ccc3-n3cnnn3)[nH]c2Cl)cc1. The molecule has 4 aromatic rings. The molecule has 236 valence electrons. The third-order valence-corrected chi connectivity index (χ3v) is 6.52. The number of ether oxygens (including phenoxy) is 2. The van der Waals surface area contributed by atoms with Gasteiger partial charge in [-0.15, -0.1) is 5.10 Å². The summed E-state index contributed by atoms with van der Waals surface area (Å²) < 4.78 is 11.4. The van der Waals surface area contributed by atoms with Gasteiger partial charge in [0.15, 0.2) is 0 Å². The summed E-state index contributed by atoms with van der Waals surface area (Å²) in [6.45, 7) is 5.44. The minimum Gasteiger partial charge on any atom is -0.453 e. The molecule has 0 saturated heterocycles. The lowest BCUT2D eigenvalue weighted by atomic mass is 10.1. The number of aromatic amines is 1. The second-order valence-corrected chi connectivity index (χ2v) is 11.4. The lowest BCUT2D eigenvalue weighted by Crippen LogP contribution is -2.35. The highest BCUT2D eigenvalue weighted by atomic mass is 35.5. The molecule has 2 heterocycles. The van der Waals surface area contributed by atoms with Crippen LogP contribution in [0.4, 0.5) is 15.3 Å². The summed E-state index contributed by atoms with van der Waals surface area (Å²) in [5, 5.41) is 20.1. The van der Waals surface area contributed by atoms with Crippen molar-refractivity contribution >= 4 is 53.1 Å². The second-order valence-electron chi connectivity index (χ2n) is 10.5. The number of imidazole rings is 1. The van der Waals surface area contributed by atoms with Gasteiger partial charge in [-0.2, -0.15) is 4.68 Å². The van der Waals surface area contributed by atoms with Gasteiger partial charge in [-0.05, 0) is 74.0 Å². The second kappa shape index (κ2) is 14.7. The van der Waals surface area contributed by atoms with Gasteiger partial charge >= 0.3 is 12.2 Å². The highest BCUT2D eigenvalue weighted by Gasteiger charge is 2.22. The maximum atomic E-state index is 13.2. The highest BCUT2D eigenvalue weighted by Crippen LogP contribution is 2.29. The van der Waals surface area contributed by atoms with Gasteiger partial charge in [0.1, 0.15) is 28.6 Å². The molecule has 1 atom stereocenters. The van der Waals surface area contributed by atoms with Crippen LogP contribution in [-0.2, 0) is 14.3 Å². The van der Waals surface area contributed by atoms with Gasteiger partial charge in [-0.25, -0.2) is 14.6 Å². The van der Waals surface area contributed by atoms with E-state index in [1.54, 1.807) is 69.3 Å². The molecule has 4 rings (SSSR count). The van der Waals surface area contributed by atoms with E-state index in [4.69, 9.17) is 27.9 Å². The molecule has 14 nitrogen and oxygen atoms in total. The Morgan fingerprint density at radius 2 is 1.84 bits per heavy atom. The molecule has 0 bridgehead atoms. The van der Waals surface area contributed by atoms with Crippen molar-refractivity contribution in [2.45, 2.75) is 38.8 Å². The van der Waals surface area contributed by atoms with Crippen LogP contribution >= 0.6 is 23.2 Å². The highest BCUT2D eigenvalue weighted by molar-refractivity contribution is 6.32. The van der Waals surface area contributed by atoms with Gasteiger partial charge < -0.3 is 25.1 Å². The zero-order chi connectivity index (χ0) is 32.6. The first kappa shape index (κ1) is 33.0. The molecule has 4 N–H and O–H groups in total. The minimum absolute atomic E-state index is 0.156. The molecule has 3 amide bonds. The van der Waals surface area contributed by atoms with Crippen molar-refractivity contribution < 1.29 is 23.9 Å². The monoisotopic (exact) mass is 655 g/mol. The Bertz CT molecular complexity index is 1670. The predicted octanol–water partition coefficient (Wildman–Crippen LogP) is 5.32. The maximum absolute atomic E-state index is 13.2. The first-order valence-corrected chi connectivity index (χ1v) is 14.4. The van der Waals surface area contributed by atoms with E-state index in [0.717, 1.165) is 0 Å². The summed E-state index contributed by atoms with van der Waals surface area (Å²) in [7, 11) is 1.27. The van der Waals surface area contributed by atoms with E-state index in [9.17, 15) is 14.4 Å². The standard InChI is InChI=1S/C29H31Cl2N9O5/c1-29(2,3)45-27(42)32-14-13-21(26-36-24(25(31)37-26)17-5-9-20(10-6-17)34-28(43)44-4)35-23(41)12-7-18-15-19(30)8-11-22(18)40-16-33-38-39-40/h5-12,15-16,21H,13-14H2,1-4H3,(H,32,42)(H,34,43)(H,35,41)(H,36,37)/t21-/m0/s1. The van der Waals surface area contributed by atoms with E-state index in [1.165, 1.54) is 24.2 Å². The number of amides is 3. The molecule has 16 heteroatoms. The van der Waals surface area contributed by atoms with Crippen LogP contribution in [0.1, 0.15) is 44.6 Å². The zero-order valence-corrected chi connectivity index (χ0v) is 26.3. The largest absolute Gasteiger partial charge is 0.453 e. The Labute approximate surface area is 268 Å². The van der Waals surface area contributed by atoms with Crippen LogP contribution in [0.5, 0.6) is 0 Å². The first-order chi connectivity index (χ1) is 21.4. The van der Waals surface area contributed by atoms with Crippen LogP contribution in [0.25, 0.3) is 23.0 Å². The number of benzene rings is 2. The number of rotatable bonds is 10. The van der Waals surface area contributed by atoms with Gasteiger partial charge in [-0.1, -0.05) is 35.3 Å². The topological polar surface area (TPSA) is 178 Å². The summed E-state index contributed by atoms with van der Waals surface area (Å²) in [5.41, 5.74) is 2.14. The van der Waals surface area contributed by atoms with Crippen LogP contribution in [0, 0.1) is 0 Å². The fourth-order valence-corrected chi connectivity index (χ4v) is 4.47. The zero-order valence-electron chi connectivity index (χ0n) is 24.8. The molecule has 0 fully saturated rings. The molecule has 0 spiro atoms. The van der Waals surface area contributed by atoms with Gasteiger partial charge in [0.2, 0.25) is 5.91 Å². The molecule has 0 aliphatic rings. The molecule has 0 aliphatic heterocycles. The van der Waals surface area contributed by atoms with Gasteiger partial charge in [0, 0.05) is 34.5 Å². The Morgan fingerprint density at radius 1 is 1.09 bits per heavy atom. The number of hydrogen-bond donors (Lipinski definition) is 4. The number of halogens is 2. The van der Waals surface area contributed by atoms with E-state index in [0.29, 0.717) is 39.0 Å². The number of anilines is 1. The quantitative estimate of drug-likeness (QED) is 0.164. The molecular weight excluding hydrogens is 625 g/mol. The lowest BCUT2D eigenvalue weighted by molar-refractivity contribution is -0.117. The molecule has 2 aromatic carbocycles. The summed E-state index contributed by atoms with van der Waals surface area (Å²) >= 11 is 12.7. The van der Waals surface area contributed by atoms with Crippen molar-refractivity contribution in [2.75, 3.05) is 19.0 Å². The maximum Gasteiger partial charge on any atom is 0.411 e. The lowest BCUT2D eigenvalue weighted by Gasteiger charge is -2.20. The van der Waals surface area contributed by atoms with Crippen LogP contribution in [-0.4, -0.2) is 67.5 Å². The summed E-state index contributed by atoms with van der Waals surface area (Å²) in [6, 6.07) is 11.2. The van der Waals surface area contributed by atoms with Gasteiger partial charge in [0.05, 0.1) is 18.8 Å². The fraction of sp³-hybridized carbons (Fsp3) is 0.276. The van der Waals surface area contributed by atoms with Crippen molar-refractivity contribution in [3.05, 3.63) is 76.4 Å². The number of methoxy groups -OCH3 is 1. The van der Waals surface area contributed by atoms with E-state index in [1.807, 2.05) is 0 Å². The Hall–Kier alpha value is -4.95. The number of hydrogen-bond acceptors (Lipinski definition) is 9. The van der Waals surface area contributed by atoms with Crippen molar-refractivity contribution in [1.29, 1.82) is 0 Å². The van der Waals surface area contributed by atoms with Crippen molar-refractivity contribution in [1.82, 2.24) is 40.8 Å². The van der Waals surface area contributed by atoms with Crippen LogP contribution in [0.15, 0.2) is 54.9 Å². The van der Waals surface area contributed by atoms with Crippen molar-refractivity contribution in [3.63, 3.8) is 0 Å². The molecule has 45 heavy (non-hydrogen) atoms. The van der Waals surface area contributed by atoms with Gasteiger partial charge in [0.25, 0.3) is 0 Å². The minimum atomic E-state index is -0.693. The number of alkyl carbamates (subject to hydrolysis) is 1. The molecule has 0 radical (unpaired) electrons. The molecule has 0 saturated carbocycles. The normalized spacial score (nSPS) is 12.0. The van der Waals surface area contributed by atoms with E-state index in [2.05, 4.69) is 46.2 Å². The molecular formula is C29H31Cl2N9O5.